The van der Waals surface area contributed by atoms with Gasteiger partial charge in [0.05, 0.1) is 36.4 Å². The summed E-state index contributed by atoms with van der Waals surface area (Å²) in [5.41, 5.74) is 3.69. The molecule has 10 nitrogen and oxygen atoms in total. The van der Waals surface area contributed by atoms with Crippen LogP contribution in [0.25, 0.3) is 10.9 Å². The Morgan fingerprint density at radius 2 is 1.84 bits per heavy atom. The number of methoxy groups -OCH3 is 1. The van der Waals surface area contributed by atoms with Crippen LogP contribution < -0.4 is 26.0 Å². The number of aromatic nitrogens is 4. The number of fused-ring (bicyclic) bond motifs is 1. The average molecular weight is 527 g/mol. The lowest BCUT2D eigenvalue weighted by atomic mass is 10.2. The third kappa shape index (κ3) is 6.05. The highest BCUT2D eigenvalue weighted by Crippen LogP contribution is 2.31. The first-order valence-corrected chi connectivity index (χ1v) is 12.0. The van der Waals surface area contributed by atoms with Crippen molar-refractivity contribution in [2.24, 2.45) is 0 Å². The van der Waals surface area contributed by atoms with Crippen LogP contribution in [0.15, 0.2) is 85.5 Å². The molecule has 0 fully saturated rings. The lowest BCUT2D eigenvalue weighted by molar-refractivity contribution is 0.251. The normalized spacial score (nSPS) is 10.6. The van der Waals surface area contributed by atoms with E-state index in [1.54, 1.807) is 36.8 Å². The zero-order chi connectivity index (χ0) is 26.3. The quantitative estimate of drug-likeness (QED) is 0.197. The summed E-state index contributed by atoms with van der Waals surface area (Å²) in [5.74, 6) is 1.21. The average Bonchev–Trinajstić information content (AvgIpc) is 2.95. The number of halogens is 1. The number of urea groups is 1. The van der Waals surface area contributed by atoms with Crippen LogP contribution in [0.5, 0.6) is 5.75 Å². The number of carbonyl (C=O) groups excluding carboxylic acids is 1. The Labute approximate surface area is 223 Å². The fourth-order valence-corrected chi connectivity index (χ4v) is 3.78. The van der Waals surface area contributed by atoms with E-state index in [0.717, 1.165) is 22.2 Å². The molecule has 11 heteroatoms. The van der Waals surface area contributed by atoms with Gasteiger partial charge in [0.25, 0.3) is 0 Å². The highest BCUT2D eigenvalue weighted by Gasteiger charge is 2.11. The van der Waals surface area contributed by atoms with E-state index < -0.39 is 0 Å². The predicted molar refractivity (Wildman–Crippen MR) is 148 cm³/mol. The van der Waals surface area contributed by atoms with E-state index in [1.807, 2.05) is 42.5 Å². The number of pyridine rings is 2. The largest absolute Gasteiger partial charge is 0.494 e. The third-order valence-corrected chi connectivity index (χ3v) is 5.76. The van der Waals surface area contributed by atoms with Crippen molar-refractivity contribution in [1.29, 1.82) is 0 Å². The maximum Gasteiger partial charge on any atom is 0.319 e. The van der Waals surface area contributed by atoms with Crippen molar-refractivity contribution < 1.29 is 9.53 Å². The standard InChI is InChI=1S/C27H23ClN8O2/c1-38-24-12-19(34-27(37)32-14-17-5-4-10-29-13-17)8-9-23(24)35-26-31-16-21(28)25(36-26)33-20-11-18-6-2-3-7-22(18)30-15-20/h2-13,15-16H,14H2,1H3,(H2,32,34,37)(H2,31,33,35,36). The van der Waals surface area contributed by atoms with Crippen molar-refractivity contribution in [2.75, 3.05) is 23.1 Å². The first kappa shape index (κ1) is 24.7. The van der Waals surface area contributed by atoms with Crippen molar-refractivity contribution in [1.82, 2.24) is 25.3 Å². The number of ether oxygens (including phenoxy) is 1. The second kappa shape index (κ2) is 11.4. The van der Waals surface area contributed by atoms with Gasteiger partial charge in [-0.1, -0.05) is 35.9 Å². The molecule has 0 radical (unpaired) electrons. The Hall–Kier alpha value is -4.96. The number of nitrogens with one attached hydrogen (secondary N) is 4. The minimum absolute atomic E-state index is 0.305. The van der Waals surface area contributed by atoms with Crippen LogP contribution in [0.4, 0.5) is 33.6 Å². The van der Waals surface area contributed by atoms with Gasteiger partial charge >= 0.3 is 6.03 Å². The molecule has 5 rings (SSSR count). The second-order valence-electron chi connectivity index (χ2n) is 8.14. The number of carbonyl (C=O) groups is 1. The highest BCUT2D eigenvalue weighted by molar-refractivity contribution is 6.32. The number of para-hydroxylation sites is 1. The van der Waals surface area contributed by atoms with Gasteiger partial charge in [0, 0.05) is 36.1 Å². The number of rotatable bonds is 8. The SMILES string of the molecule is COc1cc(NC(=O)NCc2cccnc2)ccc1Nc1ncc(Cl)c(Nc2cnc3ccccc3c2)n1. The molecule has 3 heterocycles. The molecule has 2 amide bonds. The van der Waals surface area contributed by atoms with Crippen molar-refractivity contribution in [3.8, 4) is 5.75 Å². The van der Waals surface area contributed by atoms with Crippen molar-refractivity contribution in [3.63, 3.8) is 0 Å². The molecule has 2 aromatic carbocycles. The molecule has 0 saturated carbocycles. The molecule has 0 aliphatic rings. The molecule has 0 aliphatic heterocycles. The van der Waals surface area contributed by atoms with Gasteiger partial charge in [0.1, 0.15) is 10.8 Å². The van der Waals surface area contributed by atoms with Gasteiger partial charge in [-0.05, 0) is 35.9 Å². The molecule has 0 atom stereocenters. The maximum atomic E-state index is 12.3. The Bertz CT molecular complexity index is 1580. The summed E-state index contributed by atoms with van der Waals surface area (Å²) in [6, 6.07) is 18.3. The lowest BCUT2D eigenvalue weighted by Gasteiger charge is -2.14. The van der Waals surface area contributed by atoms with E-state index >= 15 is 0 Å². The molecule has 4 N–H and O–H groups in total. The summed E-state index contributed by atoms with van der Waals surface area (Å²) in [4.78, 5) is 29.6. The summed E-state index contributed by atoms with van der Waals surface area (Å²) in [5, 5.41) is 13.3. The monoisotopic (exact) mass is 526 g/mol. The first-order chi connectivity index (χ1) is 18.6. The van der Waals surface area contributed by atoms with Crippen molar-refractivity contribution >= 4 is 57.4 Å². The summed E-state index contributed by atoms with van der Waals surface area (Å²) in [6.45, 7) is 0.357. The fourth-order valence-electron chi connectivity index (χ4n) is 3.64. The smallest absolute Gasteiger partial charge is 0.319 e. The molecule has 0 bridgehead atoms. The van der Waals surface area contributed by atoms with Gasteiger partial charge < -0.3 is 26.0 Å². The summed E-state index contributed by atoms with van der Waals surface area (Å²) >= 11 is 6.35. The van der Waals surface area contributed by atoms with E-state index in [2.05, 4.69) is 41.2 Å². The van der Waals surface area contributed by atoms with Crippen LogP contribution in [-0.4, -0.2) is 33.1 Å². The maximum absolute atomic E-state index is 12.3. The number of amides is 2. The molecule has 0 unspecified atom stereocenters. The van der Waals surface area contributed by atoms with Gasteiger partial charge in [-0.25, -0.2) is 9.78 Å². The van der Waals surface area contributed by atoms with E-state index in [4.69, 9.17) is 16.3 Å². The Morgan fingerprint density at radius 3 is 2.68 bits per heavy atom. The van der Waals surface area contributed by atoms with Crippen LogP contribution in [0.2, 0.25) is 5.02 Å². The number of hydrogen-bond donors (Lipinski definition) is 4. The van der Waals surface area contributed by atoms with Crippen molar-refractivity contribution in [2.45, 2.75) is 6.54 Å². The zero-order valence-corrected chi connectivity index (χ0v) is 21.0. The predicted octanol–water partition coefficient (Wildman–Crippen LogP) is 5.89. The van der Waals surface area contributed by atoms with E-state index in [9.17, 15) is 4.79 Å². The Kier molecular flexibility index (Phi) is 7.42. The fraction of sp³-hybridized carbons (Fsp3) is 0.0741. The number of nitrogens with zero attached hydrogens (tertiary/aromatic N) is 4. The summed E-state index contributed by atoms with van der Waals surface area (Å²) in [7, 11) is 1.54. The molecule has 190 valence electrons. The minimum atomic E-state index is -0.350. The van der Waals surface area contributed by atoms with Crippen LogP contribution >= 0.6 is 11.6 Å². The molecular formula is C27H23ClN8O2. The van der Waals surface area contributed by atoms with Gasteiger partial charge in [-0.3, -0.25) is 9.97 Å². The van der Waals surface area contributed by atoms with E-state index in [0.29, 0.717) is 40.5 Å². The summed E-state index contributed by atoms with van der Waals surface area (Å²) in [6.07, 6.45) is 6.60. The van der Waals surface area contributed by atoms with E-state index in [-0.39, 0.29) is 6.03 Å². The molecule has 5 aromatic rings. The molecule has 0 spiro atoms. The van der Waals surface area contributed by atoms with Gasteiger partial charge in [-0.15, -0.1) is 0 Å². The first-order valence-electron chi connectivity index (χ1n) is 11.6. The van der Waals surface area contributed by atoms with Gasteiger partial charge in [0.2, 0.25) is 5.95 Å². The third-order valence-electron chi connectivity index (χ3n) is 5.48. The Morgan fingerprint density at radius 1 is 0.947 bits per heavy atom. The number of hydrogen-bond acceptors (Lipinski definition) is 8. The molecule has 0 aliphatic carbocycles. The van der Waals surface area contributed by atoms with Crippen LogP contribution in [0.1, 0.15) is 5.56 Å². The lowest BCUT2D eigenvalue weighted by Crippen LogP contribution is -2.28. The minimum Gasteiger partial charge on any atom is -0.494 e. The molecule has 38 heavy (non-hydrogen) atoms. The topological polar surface area (TPSA) is 126 Å². The Balaban J connectivity index is 1.27. The van der Waals surface area contributed by atoms with Crippen LogP contribution in [-0.2, 0) is 6.54 Å². The number of anilines is 5. The summed E-state index contributed by atoms with van der Waals surface area (Å²) < 4.78 is 5.51. The number of benzene rings is 2. The van der Waals surface area contributed by atoms with E-state index in [1.165, 1.54) is 13.3 Å². The molecule has 0 saturated heterocycles. The van der Waals surface area contributed by atoms with Crippen LogP contribution in [0.3, 0.4) is 0 Å². The van der Waals surface area contributed by atoms with Crippen LogP contribution in [0, 0.1) is 0 Å². The van der Waals surface area contributed by atoms with Gasteiger partial charge in [0.15, 0.2) is 5.82 Å². The molecular weight excluding hydrogens is 504 g/mol. The zero-order valence-electron chi connectivity index (χ0n) is 20.3. The van der Waals surface area contributed by atoms with Crippen molar-refractivity contribution in [3.05, 3.63) is 96.0 Å². The van der Waals surface area contributed by atoms with Gasteiger partial charge in [-0.2, -0.15) is 4.98 Å². The second-order valence-corrected chi connectivity index (χ2v) is 8.55. The highest BCUT2D eigenvalue weighted by atomic mass is 35.5. The molecule has 3 aromatic heterocycles.